The minimum absolute atomic E-state index is 0.0569. The van der Waals surface area contributed by atoms with Crippen LogP contribution in [-0.4, -0.2) is 16.7 Å². The SMILES string of the molecule is CC(C)C(C)C(CN)c1noc(=O)[nH]1. The van der Waals surface area contributed by atoms with Crippen LogP contribution in [0.15, 0.2) is 9.32 Å². The van der Waals surface area contributed by atoms with E-state index in [1.165, 1.54) is 0 Å². The van der Waals surface area contributed by atoms with Gasteiger partial charge in [-0.1, -0.05) is 25.9 Å². The van der Waals surface area contributed by atoms with Crippen molar-refractivity contribution >= 4 is 0 Å². The molecule has 0 aromatic carbocycles. The van der Waals surface area contributed by atoms with Crippen LogP contribution in [0.2, 0.25) is 0 Å². The largest absolute Gasteiger partial charge is 0.438 e. The Hall–Kier alpha value is -1.10. The van der Waals surface area contributed by atoms with E-state index in [1.807, 2.05) is 0 Å². The summed E-state index contributed by atoms with van der Waals surface area (Å²) in [5.41, 5.74) is 5.65. The Morgan fingerprint density at radius 2 is 2.14 bits per heavy atom. The first-order valence-electron chi connectivity index (χ1n) is 4.82. The van der Waals surface area contributed by atoms with E-state index >= 15 is 0 Å². The maximum atomic E-state index is 10.8. The molecule has 0 spiro atoms. The van der Waals surface area contributed by atoms with Crippen molar-refractivity contribution in [1.29, 1.82) is 0 Å². The van der Waals surface area contributed by atoms with Crippen molar-refractivity contribution in [2.45, 2.75) is 26.7 Å². The van der Waals surface area contributed by atoms with Crippen LogP contribution in [0.4, 0.5) is 0 Å². The summed E-state index contributed by atoms with van der Waals surface area (Å²) >= 11 is 0. The van der Waals surface area contributed by atoms with Gasteiger partial charge in [-0.2, -0.15) is 0 Å². The quantitative estimate of drug-likeness (QED) is 0.747. The van der Waals surface area contributed by atoms with Gasteiger partial charge in [-0.15, -0.1) is 0 Å². The molecule has 1 rings (SSSR count). The molecule has 5 heteroatoms. The molecular weight excluding hydrogens is 182 g/mol. The van der Waals surface area contributed by atoms with Gasteiger partial charge < -0.3 is 5.73 Å². The normalized spacial score (nSPS) is 15.8. The second-order valence-corrected chi connectivity index (χ2v) is 3.93. The number of nitrogens with one attached hydrogen (secondary N) is 1. The molecule has 0 fully saturated rings. The molecule has 5 nitrogen and oxygen atoms in total. The molecule has 1 aromatic rings. The van der Waals surface area contributed by atoms with E-state index in [2.05, 4.69) is 35.4 Å². The third kappa shape index (κ3) is 2.23. The van der Waals surface area contributed by atoms with Crippen LogP contribution in [0.1, 0.15) is 32.5 Å². The summed E-state index contributed by atoms with van der Waals surface area (Å²) in [6.45, 7) is 6.79. The van der Waals surface area contributed by atoms with Gasteiger partial charge >= 0.3 is 5.76 Å². The van der Waals surface area contributed by atoms with Crippen molar-refractivity contribution in [3.8, 4) is 0 Å². The van der Waals surface area contributed by atoms with Crippen molar-refractivity contribution < 1.29 is 4.52 Å². The maximum absolute atomic E-state index is 10.8. The van der Waals surface area contributed by atoms with Gasteiger partial charge in [0.2, 0.25) is 0 Å². The lowest BCUT2D eigenvalue weighted by Crippen LogP contribution is -2.24. The molecule has 14 heavy (non-hydrogen) atoms. The molecule has 80 valence electrons. The number of nitrogens with two attached hydrogens (primary N) is 1. The van der Waals surface area contributed by atoms with Crippen molar-refractivity contribution in [3.05, 3.63) is 16.4 Å². The summed E-state index contributed by atoms with van der Waals surface area (Å²) in [6, 6.07) is 0. The van der Waals surface area contributed by atoms with E-state index in [4.69, 9.17) is 5.73 Å². The number of H-pyrrole nitrogens is 1. The Morgan fingerprint density at radius 3 is 2.50 bits per heavy atom. The Morgan fingerprint density at radius 1 is 1.50 bits per heavy atom. The first-order valence-corrected chi connectivity index (χ1v) is 4.82. The fraction of sp³-hybridized carbons (Fsp3) is 0.778. The number of rotatable bonds is 4. The zero-order valence-corrected chi connectivity index (χ0v) is 8.78. The smallest absolute Gasteiger partial charge is 0.330 e. The van der Waals surface area contributed by atoms with Crippen LogP contribution < -0.4 is 11.5 Å². The fourth-order valence-electron chi connectivity index (χ4n) is 1.44. The van der Waals surface area contributed by atoms with E-state index in [0.717, 1.165) is 0 Å². The molecule has 2 unspecified atom stereocenters. The predicted molar refractivity (Wildman–Crippen MR) is 52.9 cm³/mol. The topological polar surface area (TPSA) is 84.9 Å². The van der Waals surface area contributed by atoms with Crippen molar-refractivity contribution in [2.24, 2.45) is 17.6 Å². The highest BCUT2D eigenvalue weighted by molar-refractivity contribution is 4.96. The van der Waals surface area contributed by atoms with E-state index in [9.17, 15) is 4.79 Å². The lowest BCUT2D eigenvalue weighted by atomic mass is 9.84. The molecule has 0 radical (unpaired) electrons. The third-order valence-electron chi connectivity index (χ3n) is 2.75. The molecule has 2 atom stereocenters. The van der Waals surface area contributed by atoms with Crippen molar-refractivity contribution in [1.82, 2.24) is 10.1 Å². The summed E-state index contributed by atoms with van der Waals surface area (Å²) in [7, 11) is 0. The van der Waals surface area contributed by atoms with Gasteiger partial charge in [-0.05, 0) is 11.8 Å². The average Bonchev–Trinajstić information content (AvgIpc) is 2.53. The average molecular weight is 199 g/mol. The van der Waals surface area contributed by atoms with Gasteiger partial charge in [-0.3, -0.25) is 9.51 Å². The zero-order valence-electron chi connectivity index (χ0n) is 8.78. The summed E-state index contributed by atoms with van der Waals surface area (Å²) in [6.07, 6.45) is 0. The number of nitrogens with zero attached hydrogens (tertiary/aromatic N) is 1. The highest BCUT2D eigenvalue weighted by Gasteiger charge is 2.24. The summed E-state index contributed by atoms with van der Waals surface area (Å²) in [5, 5.41) is 3.67. The molecule has 0 bridgehead atoms. The zero-order chi connectivity index (χ0) is 10.7. The van der Waals surface area contributed by atoms with Gasteiger partial charge in [0.25, 0.3) is 0 Å². The van der Waals surface area contributed by atoms with Gasteiger partial charge in [0.05, 0.1) is 0 Å². The molecule has 0 amide bonds. The van der Waals surface area contributed by atoms with Gasteiger partial charge in [0, 0.05) is 12.5 Å². The molecule has 0 aliphatic heterocycles. The second-order valence-electron chi connectivity index (χ2n) is 3.93. The minimum atomic E-state index is -0.519. The standard InChI is InChI=1S/C9H17N3O2/c1-5(2)6(3)7(4-10)8-11-9(13)14-12-8/h5-7H,4,10H2,1-3H3,(H,11,12,13). The lowest BCUT2D eigenvalue weighted by Gasteiger charge is -2.22. The number of hydrogen-bond acceptors (Lipinski definition) is 4. The molecule has 1 heterocycles. The van der Waals surface area contributed by atoms with Crippen LogP contribution in [0, 0.1) is 11.8 Å². The van der Waals surface area contributed by atoms with Gasteiger partial charge in [-0.25, -0.2) is 4.79 Å². The van der Waals surface area contributed by atoms with Crippen molar-refractivity contribution in [2.75, 3.05) is 6.54 Å². The Bertz CT molecular complexity index is 329. The third-order valence-corrected chi connectivity index (χ3v) is 2.75. The fourth-order valence-corrected chi connectivity index (χ4v) is 1.44. The molecule has 0 saturated heterocycles. The van der Waals surface area contributed by atoms with E-state index < -0.39 is 5.76 Å². The summed E-state index contributed by atoms with van der Waals surface area (Å²) < 4.78 is 4.46. The highest BCUT2D eigenvalue weighted by Crippen LogP contribution is 2.26. The van der Waals surface area contributed by atoms with Crippen LogP contribution in [0.5, 0.6) is 0 Å². The number of aromatic amines is 1. The second kappa shape index (κ2) is 4.41. The van der Waals surface area contributed by atoms with Crippen LogP contribution in [0.25, 0.3) is 0 Å². The maximum Gasteiger partial charge on any atom is 0.438 e. The molecule has 3 N–H and O–H groups in total. The summed E-state index contributed by atoms with van der Waals surface area (Å²) in [4.78, 5) is 13.3. The molecule has 0 saturated carbocycles. The highest BCUT2D eigenvalue weighted by atomic mass is 16.5. The van der Waals surface area contributed by atoms with Crippen LogP contribution >= 0.6 is 0 Å². The molecule has 0 aliphatic rings. The molecular formula is C9H17N3O2. The van der Waals surface area contributed by atoms with E-state index in [0.29, 0.717) is 24.2 Å². The van der Waals surface area contributed by atoms with Gasteiger partial charge in [0.1, 0.15) is 0 Å². The summed E-state index contributed by atoms with van der Waals surface area (Å²) in [5.74, 6) is 0.944. The molecule has 1 aromatic heterocycles. The first kappa shape index (κ1) is 11.0. The van der Waals surface area contributed by atoms with Crippen molar-refractivity contribution in [3.63, 3.8) is 0 Å². The molecule has 0 aliphatic carbocycles. The number of aromatic nitrogens is 2. The van der Waals surface area contributed by atoms with E-state index in [1.54, 1.807) is 0 Å². The Kier molecular flexibility index (Phi) is 3.46. The first-order chi connectivity index (χ1) is 6.56. The lowest BCUT2D eigenvalue weighted by molar-refractivity contribution is 0.323. The van der Waals surface area contributed by atoms with Gasteiger partial charge in [0.15, 0.2) is 5.82 Å². The minimum Gasteiger partial charge on any atom is -0.330 e. The number of hydrogen-bond donors (Lipinski definition) is 2. The predicted octanol–water partition coefficient (Wildman–Crippen LogP) is 0.697. The Balaban J connectivity index is 2.86. The van der Waals surface area contributed by atoms with E-state index in [-0.39, 0.29) is 5.92 Å². The monoisotopic (exact) mass is 199 g/mol. The Labute approximate surface area is 82.7 Å². The van der Waals surface area contributed by atoms with Crippen LogP contribution in [0.3, 0.4) is 0 Å². The van der Waals surface area contributed by atoms with Crippen LogP contribution in [-0.2, 0) is 0 Å².